The Morgan fingerprint density at radius 1 is 1.07 bits per heavy atom. The molecule has 0 fully saturated rings. The lowest BCUT2D eigenvalue weighted by atomic mass is 10.0. The molecule has 27 heavy (non-hydrogen) atoms. The molecule has 1 amide bonds. The van der Waals surface area contributed by atoms with Crippen molar-refractivity contribution in [1.82, 2.24) is 10.2 Å². The van der Waals surface area contributed by atoms with E-state index >= 15 is 0 Å². The summed E-state index contributed by atoms with van der Waals surface area (Å²) in [4.78, 5) is 13.9. The summed E-state index contributed by atoms with van der Waals surface area (Å²) in [7, 11) is 1.66. The number of aryl methyl sites for hydroxylation is 1. The van der Waals surface area contributed by atoms with Crippen molar-refractivity contribution >= 4 is 11.8 Å². The second-order valence-electron chi connectivity index (χ2n) is 6.28. The summed E-state index contributed by atoms with van der Waals surface area (Å²) in [5.74, 6) is 0.358. The summed E-state index contributed by atoms with van der Waals surface area (Å²) >= 11 is 0. The number of rotatable bonds is 5. The number of carbonyl (C=O) groups is 1. The fourth-order valence-corrected chi connectivity index (χ4v) is 2.63. The van der Waals surface area contributed by atoms with Gasteiger partial charge in [-0.2, -0.15) is 10.2 Å². The molecular weight excluding hydrogens is 340 g/mol. The minimum Gasteiger partial charge on any atom is -0.408 e. The molecule has 3 rings (SSSR count). The number of amides is 1. The molecule has 1 heterocycles. The molecule has 0 spiro atoms. The fraction of sp³-hybridized carbons (Fsp3) is 0.190. The maximum absolute atomic E-state index is 12.5. The second kappa shape index (κ2) is 8.42. The summed E-state index contributed by atoms with van der Waals surface area (Å²) in [6.07, 6.45) is 0.121. The number of hydrogen-bond acceptors (Lipinski definition) is 5. The van der Waals surface area contributed by atoms with E-state index in [1.807, 2.05) is 60.7 Å². The van der Waals surface area contributed by atoms with Crippen molar-refractivity contribution in [3.05, 3.63) is 83.7 Å². The van der Waals surface area contributed by atoms with Gasteiger partial charge in [-0.3, -0.25) is 4.90 Å². The lowest BCUT2D eigenvalue weighted by Crippen LogP contribution is -2.29. The third kappa shape index (κ3) is 4.68. The lowest BCUT2D eigenvalue weighted by molar-refractivity contribution is 0.208. The maximum atomic E-state index is 12.5. The van der Waals surface area contributed by atoms with Gasteiger partial charge in [-0.15, -0.1) is 0 Å². The van der Waals surface area contributed by atoms with Crippen LogP contribution in [-0.2, 0) is 6.42 Å². The zero-order valence-electron chi connectivity index (χ0n) is 15.4. The van der Waals surface area contributed by atoms with Crippen molar-refractivity contribution in [2.45, 2.75) is 19.4 Å². The predicted molar refractivity (Wildman–Crippen MR) is 105 cm³/mol. The maximum Gasteiger partial charge on any atom is 0.419 e. The zero-order valence-corrected chi connectivity index (χ0v) is 15.4. The summed E-state index contributed by atoms with van der Waals surface area (Å²) in [5.41, 5.74) is 9.23. The number of benzene rings is 2. The van der Waals surface area contributed by atoms with E-state index in [9.17, 15) is 4.79 Å². The molecule has 138 valence electrons. The number of anilines is 1. The van der Waals surface area contributed by atoms with E-state index in [-0.39, 0.29) is 6.04 Å². The molecule has 2 N–H and O–H groups in total. The van der Waals surface area contributed by atoms with Gasteiger partial charge in [0.1, 0.15) is 5.69 Å². The minimum absolute atomic E-state index is 0.343. The van der Waals surface area contributed by atoms with Crippen LogP contribution in [-0.4, -0.2) is 23.3 Å². The van der Waals surface area contributed by atoms with E-state index in [2.05, 4.69) is 10.2 Å². The van der Waals surface area contributed by atoms with Crippen LogP contribution >= 0.6 is 0 Å². The highest BCUT2D eigenvalue weighted by Crippen LogP contribution is 2.22. The van der Waals surface area contributed by atoms with Gasteiger partial charge in [0.25, 0.3) is 0 Å². The highest BCUT2D eigenvalue weighted by atomic mass is 16.6. The van der Waals surface area contributed by atoms with E-state index in [1.54, 1.807) is 20.0 Å². The number of ether oxygens (including phenoxy) is 1. The van der Waals surface area contributed by atoms with Crippen molar-refractivity contribution in [2.24, 2.45) is 5.73 Å². The molecule has 3 aromatic rings. The van der Waals surface area contributed by atoms with Gasteiger partial charge in [0.15, 0.2) is 5.75 Å². The van der Waals surface area contributed by atoms with Crippen LogP contribution in [0.3, 0.4) is 0 Å². The first-order valence-electron chi connectivity index (χ1n) is 8.69. The summed E-state index contributed by atoms with van der Waals surface area (Å²) < 4.78 is 5.53. The van der Waals surface area contributed by atoms with Crippen LogP contribution in [0.25, 0.3) is 0 Å². The third-order valence-corrected chi connectivity index (χ3v) is 4.24. The van der Waals surface area contributed by atoms with Crippen molar-refractivity contribution in [3.63, 3.8) is 0 Å². The first-order valence-corrected chi connectivity index (χ1v) is 8.69. The molecule has 0 aliphatic heterocycles. The summed E-state index contributed by atoms with van der Waals surface area (Å²) in [6, 6.07) is 20.5. The van der Waals surface area contributed by atoms with E-state index in [0.717, 1.165) is 11.3 Å². The van der Waals surface area contributed by atoms with Gasteiger partial charge < -0.3 is 10.5 Å². The quantitative estimate of drug-likeness (QED) is 0.749. The van der Waals surface area contributed by atoms with E-state index in [0.29, 0.717) is 23.6 Å². The lowest BCUT2D eigenvalue weighted by Gasteiger charge is -2.18. The number of nitrogens with two attached hydrogens (primary N) is 1. The molecule has 1 atom stereocenters. The third-order valence-electron chi connectivity index (χ3n) is 4.24. The van der Waals surface area contributed by atoms with Crippen molar-refractivity contribution in [3.8, 4) is 5.75 Å². The van der Waals surface area contributed by atoms with Gasteiger partial charge in [-0.25, -0.2) is 4.79 Å². The standard InChI is InChI=1S/C21H22N4O2/c1-15-20(27-21(26)25(2)17-11-7-4-8-12-17)14-19(24-23-15)18(22)13-16-9-5-3-6-10-16/h3-12,14,18H,13,22H2,1-2H3. The fourth-order valence-electron chi connectivity index (χ4n) is 2.63. The Kier molecular flexibility index (Phi) is 5.78. The average Bonchev–Trinajstić information content (AvgIpc) is 2.70. The van der Waals surface area contributed by atoms with Crippen LogP contribution in [0.1, 0.15) is 23.0 Å². The molecule has 0 saturated heterocycles. The smallest absolute Gasteiger partial charge is 0.408 e. The Labute approximate surface area is 158 Å². The van der Waals surface area contributed by atoms with Gasteiger partial charge in [0.2, 0.25) is 0 Å². The number of nitrogens with zero attached hydrogens (tertiary/aromatic N) is 3. The summed E-state index contributed by atoms with van der Waals surface area (Å²) in [6.45, 7) is 1.74. The highest BCUT2D eigenvalue weighted by molar-refractivity contribution is 5.88. The molecule has 0 aliphatic carbocycles. The van der Waals surface area contributed by atoms with Crippen LogP contribution in [0.4, 0.5) is 10.5 Å². The van der Waals surface area contributed by atoms with Crippen molar-refractivity contribution in [1.29, 1.82) is 0 Å². The average molecular weight is 362 g/mol. The first-order chi connectivity index (χ1) is 13.0. The molecule has 1 aromatic heterocycles. The largest absolute Gasteiger partial charge is 0.419 e. The SMILES string of the molecule is Cc1nnc(C(N)Cc2ccccc2)cc1OC(=O)N(C)c1ccccc1. The van der Waals surface area contributed by atoms with E-state index in [1.165, 1.54) is 4.90 Å². The molecule has 2 aromatic carbocycles. The van der Waals surface area contributed by atoms with Crippen LogP contribution in [0.15, 0.2) is 66.7 Å². The molecule has 0 saturated carbocycles. The Morgan fingerprint density at radius 3 is 2.37 bits per heavy atom. The number of aromatic nitrogens is 2. The molecule has 6 heteroatoms. The van der Waals surface area contributed by atoms with Gasteiger partial charge in [0.05, 0.1) is 11.7 Å². The number of para-hydroxylation sites is 1. The van der Waals surface area contributed by atoms with Gasteiger partial charge >= 0.3 is 6.09 Å². The minimum atomic E-state index is -0.500. The van der Waals surface area contributed by atoms with Gasteiger partial charge in [-0.05, 0) is 31.0 Å². The topological polar surface area (TPSA) is 81.3 Å². The normalized spacial score (nSPS) is 11.7. The summed E-state index contributed by atoms with van der Waals surface area (Å²) in [5, 5.41) is 8.27. The van der Waals surface area contributed by atoms with Crippen molar-refractivity contribution in [2.75, 3.05) is 11.9 Å². The predicted octanol–water partition coefficient (Wildman–Crippen LogP) is 3.66. The van der Waals surface area contributed by atoms with Gasteiger partial charge in [-0.1, -0.05) is 48.5 Å². The molecule has 1 unspecified atom stereocenters. The Balaban J connectivity index is 1.74. The van der Waals surface area contributed by atoms with Crippen LogP contribution in [0.2, 0.25) is 0 Å². The Morgan fingerprint density at radius 2 is 1.70 bits per heavy atom. The molecular formula is C21H22N4O2. The molecule has 0 aliphatic rings. The van der Waals surface area contributed by atoms with Crippen molar-refractivity contribution < 1.29 is 9.53 Å². The monoisotopic (exact) mass is 362 g/mol. The molecule has 0 bridgehead atoms. The molecule has 0 radical (unpaired) electrons. The van der Waals surface area contributed by atoms with Crippen LogP contribution in [0.5, 0.6) is 5.75 Å². The zero-order chi connectivity index (χ0) is 19.2. The highest BCUT2D eigenvalue weighted by Gasteiger charge is 2.18. The van der Waals surface area contributed by atoms with Gasteiger partial charge in [0, 0.05) is 18.8 Å². The second-order valence-corrected chi connectivity index (χ2v) is 6.28. The van der Waals surface area contributed by atoms with E-state index < -0.39 is 6.09 Å². The van der Waals surface area contributed by atoms with E-state index in [4.69, 9.17) is 10.5 Å². The number of hydrogen-bond donors (Lipinski definition) is 1. The number of carbonyl (C=O) groups excluding carboxylic acids is 1. The first kappa shape index (κ1) is 18.5. The Hall–Kier alpha value is -3.25. The molecule has 6 nitrogen and oxygen atoms in total. The van der Waals surface area contributed by atoms with Crippen LogP contribution in [0, 0.1) is 6.92 Å². The van der Waals surface area contributed by atoms with Crippen LogP contribution < -0.4 is 15.4 Å². The Bertz CT molecular complexity index is 901.